The van der Waals surface area contributed by atoms with Gasteiger partial charge in [-0.05, 0) is 19.3 Å². The van der Waals surface area contributed by atoms with Crippen LogP contribution >= 0.6 is 11.8 Å². The molecule has 1 aliphatic rings. The van der Waals surface area contributed by atoms with Crippen molar-refractivity contribution in [3.05, 3.63) is 22.1 Å². The van der Waals surface area contributed by atoms with Crippen LogP contribution in [0.15, 0.2) is 16.1 Å². The second kappa shape index (κ2) is 2.68. The molecule has 0 saturated heterocycles. The zero-order valence-electron chi connectivity index (χ0n) is 7.18. The molecule has 0 radical (unpaired) electrons. The standard InChI is InChI=1S/C7H8N3O2S/c1-4-3-13-6-7(9(4)11)10(12)5(2)8-6/h3,12H,1-2H3/q-1. The lowest BCUT2D eigenvalue weighted by atomic mass is 10.5. The first-order valence-corrected chi connectivity index (χ1v) is 4.58. The number of aromatic nitrogens is 2. The average molecular weight is 198 g/mol. The third-order valence-electron chi connectivity index (χ3n) is 1.82. The highest BCUT2D eigenvalue weighted by Crippen LogP contribution is 2.37. The summed E-state index contributed by atoms with van der Waals surface area (Å²) < 4.78 is 0.811. The van der Waals surface area contributed by atoms with Gasteiger partial charge < -0.3 is 15.5 Å². The number of rotatable bonds is 0. The largest absolute Gasteiger partial charge is 0.753 e. The van der Waals surface area contributed by atoms with E-state index in [1.54, 1.807) is 19.3 Å². The third-order valence-corrected chi connectivity index (χ3v) is 2.77. The van der Waals surface area contributed by atoms with E-state index < -0.39 is 0 Å². The molecule has 0 spiro atoms. The van der Waals surface area contributed by atoms with E-state index >= 15 is 0 Å². The predicted molar refractivity (Wildman–Crippen MR) is 49.6 cm³/mol. The van der Waals surface area contributed by atoms with Crippen LogP contribution in [0.3, 0.4) is 0 Å². The summed E-state index contributed by atoms with van der Waals surface area (Å²) in [6.07, 6.45) is 0. The van der Waals surface area contributed by atoms with Crippen LogP contribution in [0.4, 0.5) is 5.82 Å². The summed E-state index contributed by atoms with van der Waals surface area (Å²) in [7, 11) is 0. The molecule has 0 unspecified atom stereocenters. The number of nitrogens with zero attached hydrogens (tertiary/aromatic N) is 3. The fourth-order valence-corrected chi connectivity index (χ4v) is 1.93. The Morgan fingerprint density at radius 1 is 1.54 bits per heavy atom. The van der Waals surface area contributed by atoms with Crippen molar-refractivity contribution in [2.24, 2.45) is 0 Å². The lowest BCUT2D eigenvalue weighted by molar-refractivity contribution is 0.182. The Morgan fingerprint density at radius 2 is 2.23 bits per heavy atom. The summed E-state index contributed by atoms with van der Waals surface area (Å²) in [5.41, 5.74) is 0.549. The molecule has 70 valence electrons. The van der Waals surface area contributed by atoms with Crippen LogP contribution < -0.4 is 5.06 Å². The molecule has 5 nitrogen and oxygen atoms in total. The SMILES string of the molecule is CC1=CSc2nc(C)n(O)c2N1[O-]. The number of hydroxylamine groups is 1. The van der Waals surface area contributed by atoms with Crippen molar-refractivity contribution in [3.8, 4) is 0 Å². The van der Waals surface area contributed by atoms with Crippen molar-refractivity contribution in [2.75, 3.05) is 5.06 Å². The maximum absolute atomic E-state index is 11.5. The molecule has 0 atom stereocenters. The number of allylic oxidation sites excluding steroid dienone is 1. The van der Waals surface area contributed by atoms with Gasteiger partial charge in [0.2, 0.25) is 0 Å². The smallest absolute Gasteiger partial charge is 0.173 e. The minimum atomic E-state index is 0.197. The van der Waals surface area contributed by atoms with Crippen LogP contribution in [-0.2, 0) is 0 Å². The van der Waals surface area contributed by atoms with E-state index in [4.69, 9.17) is 0 Å². The van der Waals surface area contributed by atoms with Gasteiger partial charge in [-0.1, -0.05) is 11.8 Å². The van der Waals surface area contributed by atoms with Gasteiger partial charge in [-0.2, -0.15) is 4.73 Å². The predicted octanol–water partition coefficient (Wildman–Crippen LogP) is 1.70. The Morgan fingerprint density at radius 3 is 2.92 bits per heavy atom. The van der Waals surface area contributed by atoms with Gasteiger partial charge >= 0.3 is 0 Å². The minimum absolute atomic E-state index is 0.197. The first-order chi connectivity index (χ1) is 6.11. The van der Waals surface area contributed by atoms with E-state index in [0.717, 1.165) is 4.73 Å². The van der Waals surface area contributed by atoms with Crippen molar-refractivity contribution < 1.29 is 5.21 Å². The van der Waals surface area contributed by atoms with Crippen molar-refractivity contribution in [3.63, 3.8) is 0 Å². The molecule has 2 rings (SSSR count). The molecular weight excluding hydrogens is 190 g/mol. The Balaban J connectivity index is 2.57. The number of hydrogen-bond donors (Lipinski definition) is 1. The van der Waals surface area contributed by atoms with E-state index in [1.807, 2.05) is 0 Å². The lowest BCUT2D eigenvalue weighted by Gasteiger charge is -2.33. The Hall–Kier alpha value is -1.14. The molecule has 1 N–H and O–H groups in total. The van der Waals surface area contributed by atoms with Crippen LogP contribution in [-0.4, -0.2) is 14.9 Å². The normalized spacial score (nSPS) is 15.6. The molecule has 1 aromatic heterocycles. The fraction of sp³-hybridized carbons (Fsp3) is 0.286. The summed E-state index contributed by atoms with van der Waals surface area (Å²) in [5, 5.41) is 23.8. The summed E-state index contributed by atoms with van der Waals surface area (Å²) in [4.78, 5) is 4.03. The summed E-state index contributed by atoms with van der Waals surface area (Å²) in [5.74, 6) is 0.615. The highest BCUT2D eigenvalue weighted by Gasteiger charge is 2.19. The molecule has 0 amide bonds. The van der Waals surface area contributed by atoms with Crippen LogP contribution in [0.1, 0.15) is 12.7 Å². The Bertz CT molecular complexity index is 385. The molecule has 0 aliphatic carbocycles. The maximum atomic E-state index is 11.5. The van der Waals surface area contributed by atoms with Crippen molar-refractivity contribution in [1.29, 1.82) is 0 Å². The first kappa shape index (κ1) is 8.46. The van der Waals surface area contributed by atoms with Gasteiger partial charge in [-0.3, -0.25) is 0 Å². The van der Waals surface area contributed by atoms with E-state index in [1.165, 1.54) is 11.8 Å². The number of fused-ring (bicyclic) bond motifs is 1. The second-order valence-corrected chi connectivity index (χ2v) is 3.63. The zero-order valence-corrected chi connectivity index (χ0v) is 8.00. The molecule has 0 saturated carbocycles. The van der Waals surface area contributed by atoms with Gasteiger partial charge in [0.05, 0.1) is 0 Å². The molecule has 1 aromatic rings. The molecule has 6 heteroatoms. The number of thioether (sulfide) groups is 1. The molecule has 0 bridgehead atoms. The number of aryl methyl sites for hydroxylation is 1. The Labute approximate surface area is 79.2 Å². The van der Waals surface area contributed by atoms with Gasteiger partial charge in [-0.15, -0.1) is 0 Å². The average Bonchev–Trinajstić information content (AvgIpc) is 2.37. The first-order valence-electron chi connectivity index (χ1n) is 3.70. The van der Waals surface area contributed by atoms with E-state index in [9.17, 15) is 10.4 Å². The van der Waals surface area contributed by atoms with Gasteiger partial charge in [-0.25, -0.2) is 4.98 Å². The summed E-state index contributed by atoms with van der Waals surface area (Å²) in [6, 6.07) is 0. The molecular formula is C7H8N3O2S-. The summed E-state index contributed by atoms with van der Waals surface area (Å²) >= 11 is 1.34. The quantitative estimate of drug-likeness (QED) is 0.643. The van der Waals surface area contributed by atoms with Crippen LogP contribution in [0.5, 0.6) is 0 Å². The van der Waals surface area contributed by atoms with Crippen LogP contribution in [0.25, 0.3) is 0 Å². The van der Waals surface area contributed by atoms with Gasteiger partial charge in [0.1, 0.15) is 10.9 Å². The van der Waals surface area contributed by atoms with Crippen LogP contribution in [0.2, 0.25) is 0 Å². The molecule has 2 heterocycles. The monoisotopic (exact) mass is 198 g/mol. The van der Waals surface area contributed by atoms with Gasteiger partial charge in [0, 0.05) is 5.70 Å². The number of anilines is 1. The molecule has 1 aliphatic heterocycles. The topological polar surface area (TPSA) is 64.3 Å². The highest BCUT2D eigenvalue weighted by molar-refractivity contribution is 8.02. The van der Waals surface area contributed by atoms with Crippen LogP contribution in [0, 0.1) is 12.1 Å². The lowest BCUT2D eigenvalue weighted by Crippen LogP contribution is -2.18. The van der Waals surface area contributed by atoms with Gasteiger partial charge in [0.25, 0.3) is 0 Å². The van der Waals surface area contributed by atoms with Crippen molar-refractivity contribution in [1.82, 2.24) is 9.71 Å². The summed E-state index contributed by atoms with van der Waals surface area (Å²) in [6.45, 7) is 3.33. The maximum Gasteiger partial charge on any atom is 0.173 e. The van der Waals surface area contributed by atoms with Gasteiger partial charge in [0.15, 0.2) is 5.82 Å². The molecule has 0 aromatic carbocycles. The minimum Gasteiger partial charge on any atom is -0.753 e. The second-order valence-electron chi connectivity index (χ2n) is 2.77. The third kappa shape index (κ3) is 1.10. The number of hydrogen-bond acceptors (Lipinski definition) is 5. The number of imidazole rings is 1. The van der Waals surface area contributed by atoms with Crippen molar-refractivity contribution >= 4 is 17.6 Å². The fourth-order valence-electron chi connectivity index (χ4n) is 1.10. The molecule has 0 fully saturated rings. The zero-order chi connectivity index (χ0) is 9.59. The van der Waals surface area contributed by atoms with Crippen molar-refractivity contribution in [2.45, 2.75) is 18.9 Å². The van der Waals surface area contributed by atoms with E-state index in [-0.39, 0.29) is 5.82 Å². The highest BCUT2D eigenvalue weighted by atomic mass is 32.2. The molecule has 13 heavy (non-hydrogen) atoms. The van der Waals surface area contributed by atoms with E-state index in [0.29, 0.717) is 21.6 Å². The Kier molecular flexibility index (Phi) is 1.74. The van der Waals surface area contributed by atoms with E-state index in [2.05, 4.69) is 4.98 Å².